The molecule has 0 saturated carbocycles. The van der Waals surface area contributed by atoms with Crippen LogP contribution in [0.15, 0.2) is 22.7 Å². The van der Waals surface area contributed by atoms with Crippen molar-refractivity contribution in [2.75, 3.05) is 0 Å². The van der Waals surface area contributed by atoms with Crippen molar-refractivity contribution in [1.29, 1.82) is 0 Å². The maximum absolute atomic E-state index is 12.1. The summed E-state index contributed by atoms with van der Waals surface area (Å²) < 4.78 is 0.761. The van der Waals surface area contributed by atoms with E-state index in [0.717, 1.165) is 10.0 Å². The molecule has 0 atom stereocenters. The molecule has 0 bridgehead atoms. The Morgan fingerprint density at radius 1 is 1.39 bits per heavy atom. The molecule has 3 N–H and O–H groups in total. The third-order valence-electron chi connectivity index (χ3n) is 2.50. The second kappa shape index (κ2) is 5.52. The zero-order valence-corrected chi connectivity index (χ0v) is 12.3. The van der Waals surface area contributed by atoms with Crippen LogP contribution in [0.25, 0.3) is 0 Å². The van der Waals surface area contributed by atoms with Crippen LogP contribution in [0, 0.1) is 6.92 Å². The number of rotatable bonds is 4. The van der Waals surface area contributed by atoms with Gasteiger partial charge in [0.25, 0.3) is 5.91 Å². The fourth-order valence-corrected chi connectivity index (χ4v) is 2.12. The summed E-state index contributed by atoms with van der Waals surface area (Å²) in [6, 6.07) is 5.46. The van der Waals surface area contributed by atoms with E-state index in [4.69, 9.17) is 5.73 Å². The number of hydrogen-bond donors (Lipinski definition) is 2. The molecule has 0 aromatic heterocycles. The molecule has 1 aromatic rings. The standard InChI is InChI=1S/C13H17BrN2O2/c1-8-5-4-6-9(11(8)14)12(18)16-13(2,3)7-10(15)17/h4-6H,7H2,1-3H3,(H2,15,17)(H,16,18). The smallest absolute Gasteiger partial charge is 0.252 e. The van der Waals surface area contributed by atoms with Crippen molar-refractivity contribution in [2.45, 2.75) is 32.7 Å². The van der Waals surface area contributed by atoms with E-state index in [1.165, 1.54) is 0 Å². The van der Waals surface area contributed by atoms with Gasteiger partial charge in [-0.05, 0) is 48.3 Å². The Kier molecular flexibility index (Phi) is 4.51. The fraction of sp³-hybridized carbons (Fsp3) is 0.385. The van der Waals surface area contributed by atoms with Crippen molar-refractivity contribution in [2.24, 2.45) is 5.73 Å². The van der Waals surface area contributed by atoms with Crippen LogP contribution in [0.3, 0.4) is 0 Å². The molecule has 0 unspecified atom stereocenters. The molecular weight excluding hydrogens is 296 g/mol. The van der Waals surface area contributed by atoms with Gasteiger partial charge in [-0.3, -0.25) is 9.59 Å². The first-order valence-corrected chi connectivity index (χ1v) is 6.38. The maximum atomic E-state index is 12.1. The highest BCUT2D eigenvalue weighted by Crippen LogP contribution is 2.21. The van der Waals surface area contributed by atoms with E-state index in [2.05, 4.69) is 21.2 Å². The van der Waals surface area contributed by atoms with Crippen molar-refractivity contribution < 1.29 is 9.59 Å². The molecule has 0 aliphatic heterocycles. The molecule has 5 heteroatoms. The topological polar surface area (TPSA) is 72.2 Å². The van der Waals surface area contributed by atoms with E-state index in [0.29, 0.717) is 5.56 Å². The van der Waals surface area contributed by atoms with Gasteiger partial charge in [0, 0.05) is 16.4 Å². The molecule has 2 amide bonds. The van der Waals surface area contributed by atoms with E-state index in [-0.39, 0.29) is 12.3 Å². The lowest BCUT2D eigenvalue weighted by Crippen LogP contribution is -2.46. The van der Waals surface area contributed by atoms with Crippen LogP contribution in [-0.2, 0) is 4.79 Å². The first-order valence-electron chi connectivity index (χ1n) is 5.59. The minimum absolute atomic E-state index is 0.0994. The fourth-order valence-electron chi connectivity index (χ4n) is 1.68. The predicted octanol–water partition coefficient (Wildman–Crippen LogP) is 2.14. The largest absolute Gasteiger partial charge is 0.370 e. The van der Waals surface area contributed by atoms with E-state index in [1.807, 2.05) is 19.1 Å². The Labute approximate surface area is 115 Å². The first-order chi connectivity index (χ1) is 8.23. The molecule has 1 rings (SSSR count). The van der Waals surface area contributed by atoms with Gasteiger partial charge in [0.2, 0.25) is 5.91 Å². The van der Waals surface area contributed by atoms with Crippen LogP contribution in [0.5, 0.6) is 0 Å². The molecule has 98 valence electrons. The Morgan fingerprint density at radius 2 is 2.00 bits per heavy atom. The van der Waals surface area contributed by atoms with Gasteiger partial charge >= 0.3 is 0 Å². The van der Waals surface area contributed by atoms with Gasteiger partial charge in [-0.25, -0.2) is 0 Å². The molecular formula is C13H17BrN2O2. The summed E-state index contributed by atoms with van der Waals surface area (Å²) in [5, 5.41) is 2.80. The summed E-state index contributed by atoms with van der Waals surface area (Å²) in [7, 11) is 0. The lowest BCUT2D eigenvalue weighted by atomic mass is 9.99. The van der Waals surface area contributed by atoms with Gasteiger partial charge < -0.3 is 11.1 Å². The Balaban J connectivity index is 2.89. The third kappa shape index (κ3) is 3.84. The minimum atomic E-state index is -0.661. The van der Waals surface area contributed by atoms with E-state index < -0.39 is 11.4 Å². The van der Waals surface area contributed by atoms with Crippen molar-refractivity contribution in [3.63, 3.8) is 0 Å². The van der Waals surface area contributed by atoms with Crippen molar-refractivity contribution >= 4 is 27.7 Å². The van der Waals surface area contributed by atoms with Gasteiger partial charge in [0.1, 0.15) is 0 Å². The average Bonchev–Trinajstić information content (AvgIpc) is 2.18. The molecule has 1 aromatic carbocycles. The van der Waals surface area contributed by atoms with Gasteiger partial charge in [-0.1, -0.05) is 12.1 Å². The van der Waals surface area contributed by atoms with Crippen LogP contribution in [-0.4, -0.2) is 17.4 Å². The zero-order valence-electron chi connectivity index (χ0n) is 10.7. The van der Waals surface area contributed by atoms with Crippen LogP contribution in [0.2, 0.25) is 0 Å². The number of nitrogens with one attached hydrogen (secondary N) is 1. The molecule has 4 nitrogen and oxygen atoms in total. The maximum Gasteiger partial charge on any atom is 0.252 e. The molecule has 0 saturated heterocycles. The van der Waals surface area contributed by atoms with E-state index in [1.54, 1.807) is 19.9 Å². The van der Waals surface area contributed by atoms with Crippen LogP contribution < -0.4 is 11.1 Å². The van der Waals surface area contributed by atoms with Gasteiger partial charge in [0.05, 0.1) is 5.56 Å². The van der Waals surface area contributed by atoms with Gasteiger partial charge in [0.15, 0.2) is 0 Å². The third-order valence-corrected chi connectivity index (χ3v) is 3.56. The number of halogens is 1. The summed E-state index contributed by atoms with van der Waals surface area (Å²) in [5.74, 6) is -0.666. The summed E-state index contributed by atoms with van der Waals surface area (Å²) in [6.07, 6.45) is 0.0994. The monoisotopic (exact) mass is 312 g/mol. The zero-order chi connectivity index (χ0) is 13.9. The summed E-state index contributed by atoms with van der Waals surface area (Å²) in [6.45, 7) is 5.44. The SMILES string of the molecule is Cc1cccc(C(=O)NC(C)(C)CC(N)=O)c1Br. The normalized spacial score (nSPS) is 11.1. The first kappa shape index (κ1) is 14.7. The van der Waals surface area contributed by atoms with Crippen LogP contribution in [0.4, 0.5) is 0 Å². The molecule has 0 spiro atoms. The van der Waals surface area contributed by atoms with Crippen LogP contribution in [0.1, 0.15) is 36.2 Å². The number of hydrogen-bond acceptors (Lipinski definition) is 2. The number of carbonyl (C=O) groups is 2. The molecule has 18 heavy (non-hydrogen) atoms. The van der Waals surface area contributed by atoms with E-state index in [9.17, 15) is 9.59 Å². The average molecular weight is 313 g/mol. The second-order valence-corrected chi connectivity index (χ2v) is 5.71. The van der Waals surface area contributed by atoms with E-state index >= 15 is 0 Å². The molecule has 0 heterocycles. The predicted molar refractivity (Wildman–Crippen MR) is 74.2 cm³/mol. The molecule has 0 radical (unpaired) electrons. The summed E-state index contributed by atoms with van der Waals surface area (Å²) >= 11 is 3.39. The minimum Gasteiger partial charge on any atom is -0.370 e. The lowest BCUT2D eigenvalue weighted by Gasteiger charge is -2.25. The van der Waals surface area contributed by atoms with Gasteiger partial charge in [-0.2, -0.15) is 0 Å². The highest BCUT2D eigenvalue weighted by atomic mass is 79.9. The second-order valence-electron chi connectivity index (χ2n) is 4.92. The Hall–Kier alpha value is -1.36. The number of aryl methyl sites for hydroxylation is 1. The van der Waals surface area contributed by atoms with Crippen molar-refractivity contribution in [3.8, 4) is 0 Å². The highest BCUT2D eigenvalue weighted by molar-refractivity contribution is 9.10. The number of nitrogens with two attached hydrogens (primary N) is 1. The quantitative estimate of drug-likeness (QED) is 0.894. The van der Waals surface area contributed by atoms with Crippen LogP contribution >= 0.6 is 15.9 Å². The van der Waals surface area contributed by atoms with Crippen molar-refractivity contribution in [1.82, 2.24) is 5.32 Å². The highest BCUT2D eigenvalue weighted by Gasteiger charge is 2.24. The summed E-state index contributed by atoms with van der Waals surface area (Å²) in [5.41, 5.74) is 6.02. The van der Waals surface area contributed by atoms with Crippen molar-refractivity contribution in [3.05, 3.63) is 33.8 Å². The van der Waals surface area contributed by atoms with Gasteiger partial charge in [-0.15, -0.1) is 0 Å². The summed E-state index contributed by atoms with van der Waals surface area (Å²) in [4.78, 5) is 23.0. The molecule has 0 aliphatic rings. The number of carbonyl (C=O) groups excluding carboxylic acids is 2. The number of benzene rings is 1. The number of primary amides is 1. The Bertz CT molecular complexity index is 484. The molecule has 0 aliphatic carbocycles. The number of amides is 2. The lowest BCUT2D eigenvalue weighted by molar-refractivity contribution is -0.119. The molecule has 0 fully saturated rings. The Morgan fingerprint density at radius 3 is 2.56 bits per heavy atom.